The molecule has 3 rings (SSSR count). The second-order valence-electron chi connectivity index (χ2n) is 6.39. The van der Waals surface area contributed by atoms with Crippen LogP contribution < -0.4 is 5.32 Å². The third-order valence-corrected chi connectivity index (χ3v) is 4.76. The molecule has 0 aliphatic heterocycles. The predicted molar refractivity (Wildman–Crippen MR) is 91.6 cm³/mol. The molecule has 1 aliphatic rings. The van der Waals surface area contributed by atoms with Crippen molar-refractivity contribution in [2.45, 2.75) is 51.5 Å². The number of hydrogen-bond acceptors (Lipinski definition) is 4. The van der Waals surface area contributed by atoms with Gasteiger partial charge in [0.15, 0.2) is 0 Å². The van der Waals surface area contributed by atoms with Gasteiger partial charge in [0.25, 0.3) is 0 Å². The van der Waals surface area contributed by atoms with E-state index >= 15 is 0 Å². The van der Waals surface area contributed by atoms with Crippen LogP contribution in [0.15, 0.2) is 28.7 Å². The van der Waals surface area contributed by atoms with Crippen LogP contribution >= 0.6 is 11.6 Å². The number of hydrogen-bond donors (Lipinski definition) is 1. The summed E-state index contributed by atoms with van der Waals surface area (Å²) in [6.07, 6.45) is 6.04. The fraction of sp³-hybridized carbons (Fsp3) is 0.500. The van der Waals surface area contributed by atoms with Crippen molar-refractivity contribution < 1.29 is 9.21 Å². The number of carbonyl (C=O) groups is 1. The lowest BCUT2D eigenvalue weighted by Crippen LogP contribution is -2.35. The van der Waals surface area contributed by atoms with Gasteiger partial charge in [0, 0.05) is 11.9 Å². The monoisotopic (exact) mass is 347 g/mol. The van der Waals surface area contributed by atoms with Gasteiger partial charge in [-0.2, -0.15) is 0 Å². The molecule has 1 heterocycles. The first-order chi connectivity index (χ1) is 11.6. The first-order valence-corrected chi connectivity index (χ1v) is 8.83. The Kier molecular flexibility index (Phi) is 5.51. The van der Waals surface area contributed by atoms with Gasteiger partial charge in [0.1, 0.15) is 6.42 Å². The molecule has 1 amide bonds. The molecule has 1 aliphatic carbocycles. The Morgan fingerprint density at radius 1 is 1.33 bits per heavy atom. The van der Waals surface area contributed by atoms with Crippen LogP contribution in [0.4, 0.5) is 0 Å². The third kappa shape index (κ3) is 4.35. The smallest absolute Gasteiger partial charge is 0.229 e. The van der Waals surface area contributed by atoms with Gasteiger partial charge in [-0.05, 0) is 36.5 Å². The van der Waals surface area contributed by atoms with E-state index in [9.17, 15) is 4.79 Å². The maximum Gasteiger partial charge on any atom is 0.229 e. The van der Waals surface area contributed by atoms with Gasteiger partial charge in [-0.1, -0.05) is 43.0 Å². The van der Waals surface area contributed by atoms with E-state index in [-0.39, 0.29) is 18.4 Å². The molecule has 0 unspecified atom stereocenters. The quantitative estimate of drug-likeness (QED) is 0.887. The first kappa shape index (κ1) is 17.0. The minimum Gasteiger partial charge on any atom is -0.425 e. The summed E-state index contributed by atoms with van der Waals surface area (Å²) < 4.78 is 5.30. The predicted octanol–water partition coefficient (Wildman–Crippen LogP) is 4.01. The van der Waals surface area contributed by atoms with E-state index in [1.54, 1.807) is 6.92 Å². The van der Waals surface area contributed by atoms with Crippen LogP contribution in [-0.2, 0) is 11.2 Å². The number of carbonyl (C=O) groups excluding carboxylic acids is 1. The van der Waals surface area contributed by atoms with Crippen LogP contribution in [0.5, 0.6) is 0 Å². The van der Waals surface area contributed by atoms with Crippen molar-refractivity contribution in [3.63, 3.8) is 0 Å². The number of halogens is 1. The zero-order valence-electron chi connectivity index (χ0n) is 13.8. The molecule has 1 saturated carbocycles. The molecule has 0 bridgehead atoms. The Balaban J connectivity index is 1.75. The Hall–Kier alpha value is -1.88. The number of benzene rings is 1. The summed E-state index contributed by atoms with van der Waals surface area (Å²) in [6, 6.07) is 7.73. The SMILES string of the molecule is Cc1nnc(CC(=O)N[C@@H](c2cccc(Cl)c2)C2CCCCC2)o1. The summed E-state index contributed by atoms with van der Waals surface area (Å²) in [6.45, 7) is 1.71. The standard InChI is InChI=1S/C18H22ClN3O2/c1-12-21-22-17(24-12)11-16(23)20-18(13-6-3-2-4-7-13)14-8-5-9-15(19)10-14/h5,8-10,13,18H,2-4,6-7,11H2,1H3,(H,20,23)/t18-/m1/s1. The van der Waals surface area contributed by atoms with Gasteiger partial charge in [-0.25, -0.2) is 0 Å². The van der Waals surface area contributed by atoms with Crippen LogP contribution in [-0.4, -0.2) is 16.1 Å². The molecule has 1 fully saturated rings. The molecule has 0 radical (unpaired) electrons. The molecule has 1 aromatic carbocycles. The van der Waals surface area contributed by atoms with E-state index in [2.05, 4.69) is 15.5 Å². The summed E-state index contributed by atoms with van der Waals surface area (Å²) in [5.74, 6) is 1.15. The van der Waals surface area contributed by atoms with Gasteiger partial charge in [-0.15, -0.1) is 10.2 Å². The molecule has 128 valence electrons. The topological polar surface area (TPSA) is 68.0 Å². The van der Waals surface area contributed by atoms with E-state index in [4.69, 9.17) is 16.0 Å². The molecule has 0 spiro atoms. The molecule has 0 saturated heterocycles. The maximum atomic E-state index is 12.5. The van der Waals surface area contributed by atoms with Crippen molar-refractivity contribution in [2.24, 2.45) is 5.92 Å². The van der Waals surface area contributed by atoms with Crippen LogP contribution in [0, 0.1) is 12.8 Å². The summed E-state index contributed by atoms with van der Waals surface area (Å²) in [5.41, 5.74) is 1.06. The average molecular weight is 348 g/mol. The van der Waals surface area contributed by atoms with Crippen molar-refractivity contribution >= 4 is 17.5 Å². The number of amides is 1. The van der Waals surface area contributed by atoms with Crippen molar-refractivity contribution in [1.29, 1.82) is 0 Å². The number of nitrogens with zero attached hydrogens (tertiary/aromatic N) is 2. The van der Waals surface area contributed by atoms with Gasteiger partial charge >= 0.3 is 0 Å². The van der Waals surface area contributed by atoms with Gasteiger partial charge in [-0.3, -0.25) is 4.79 Å². The van der Waals surface area contributed by atoms with E-state index in [1.807, 2.05) is 24.3 Å². The summed E-state index contributed by atoms with van der Waals surface area (Å²) in [5, 5.41) is 11.5. The zero-order valence-corrected chi connectivity index (χ0v) is 14.6. The Bertz CT molecular complexity index is 695. The van der Waals surface area contributed by atoms with E-state index in [1.165, 1.54) is 19.3 Å². The molecule has 1 N–H and O–H groups in total. The fourth-order valence-electron chi connectivity index (χ4n) is 3.41. The lowest BCUT2D eigenvalue weighted by Gasteiger charge is -2.31. The normalized spacial score (nSPS) is 16.8. The molecular formula is C18H22ClN3O2. The highest BCUT2D eigenvalue weighted by Gasteiger charge is 2.27. The van der Waals surface area contributed by atoms with Crippen LogP contribution in [0.25, 0.3) is 0 Å². The van der Waals surface area contributed by atoms with Crippen LogP contribution in [0.2, 0.25) is 5.02 Å². The lowest BCUT2D eigenvalue weighted by molar-refractivity contribution is -0.122. The molecule has 1 aromatic heterocycles. The van der Waals surface area contributed by atoms with Crippen LogP contribution in [0.1, 0.15) is 55.5 Å². The first-order valence-electron chi connectivity index (χ1n) is 8.45. The largest absolute Gasteiger partial charge is 0.425 e. The molecule has 1 atom stereocenters. The molecule has 6 heteroatoms. The van der Waals surface area contributed by atoms with Crippen molar-refractivity contribution in [1.82, 2.24) is 15.5 Å². The van der Waals surface area contributed by atoms with Crippen molar-refractivity contribution in [3.8, 4) is 0 Å². The second kappa shape index (κ2) is 7.79. The van der Waals surface area contributed by atoms with E-state index in [0.29, 0.717) is 22.7 Å². The Morgan fingerprint density at radius 3 is 2.79 bits per heavy atom. The minimum absolute atomic E-state index is 0.0273. The summed E-state index contributed by atoms with van der Waals surface area (Å²) in [4.78, 5) is 12.5. The fourth-order valence-corrected chi connectivity index (χ4v) is 3.61. The highest BCUT2D eigenvalue weighted by molar-refractivity contribution is 6.30. The van der Waals surface area contributed by atoms with Crippen LogP contribution in [0.3, 0.4) is 0 Å². The van der Waals surface area contributed by atoms with E-state index in [0.717, 1.165) is 18.4 Å². The second-order valence-corrected chi connectivity index (χ2v) is 6.83. The number of aromatic nitrogens is 2. The summed E-state index contributed by atoms with van der Waals surface area (Å²) >= 11 is 6.15. The van der Waals surface area contributed by atoms with Gasteiger partial charge in [0.2, 0.25) is 17.7 Å². The average Bonchev–Trinajstić information content (AvgIpc) is 2.98. The van der Waals surface area contributed by atoms with Gasteiger partial charge in [0.05, 0.1) is 6.04 Å². The van der Waals surface area contributed by atoms with Crippen molar-refractivity contribution in [3.05, 3.63) is 46.6 Å². The molecular weight excluding hydrogens is 326 g/mol. The number of rotatable bonds is 5. The summed E-state index contributed by atoms with van der Waals surface area (Å²) in [7, 11) is 0. The molecule has 2 aromatic rings. The third-order valence-electron chi connectivity index (χ3n) is 4.53. The maximum absolute atomic E-state index is 12.5. The number of nitrogens with one attached hydrogen (secondary N) is 1. The van der Waals surface area contributed by atoms with E-state index < -0.39 is 0 Å². The molecule has 5 nitrogen and oxygen atoms in total. The Morgan fingerprint density at radius 2 is 2.12 bits per heavy atom. The van der Waals surface area contributed by atoms with Gasteiger partial charge < -0.3 is 9.73 Å². The molecule has 24 heavy (non-hydrogen) atoms. The Labute approximate surface area is 146 Å². The minimum atomic E-state index is -0.103. The lowest BCUT2D eigenvalue weighted by atomic mass is 9.81. The van der Waals surface area contributed by atoms with Crippen molar-refractivity contribution in [2.75, 3.05) is 0 Å². The highest BCUT2D eigenvalue weighted by atomic mass is 35.5. The number of aryl methyl sites for hydroxylation is 1. The zero-order chi connectivity index (χ0) is 16.9. The highest BCUT2D eigenvalue weighted by Crippen LogP contribution is 2.35.